The zero-order valence-corrected chi connectivity index (χ0v) is 9.09. The van der Waals surface area contributed by atoms with Gasteiger partial charge in [0.15, 0.2) is 5.82 Å². The summed E-state index contributed by atoms with van der Waals surface area (Å²) < 4.78 is 13.4. The molecular weight excluding hydrogens is 243 g/mol. The fourth-order valence-electron chi connectivity index (χ4n) is 1.02. The molecule has 0 atom stereocenters. The molecule has 0 fully saturated rings. The predicted molar refractivity (Wildman–Crippen MR) is 59.1 cm³/mol. The Hall–Kier alpha value is -2.55. The van der Waals surface area contributed by atoms with Crippen LogP contribution in [0.25, 0.3) is 0 Å². The first kappa shape index (κ1) is 12.5. The molecule has 6 heteroatoms. The van der Waals surface area contributed by atoms with Crippen molar-refractivity contribution in [3.63, 3.8) is 0 Å². The van der Waals surface area contributed by atoms with Crippen molar-refractivity contribution in [2.24, 2.45) is 0 Å². The highest BCUT2D eigenvalue weighted by atomic mass is 35.5. The standard InChI is InChI=1S/C11H4ClFN4/c12-9-1-2-10(8(5-16)11(9)13)17-6-7(3-14)4-15/h1-2,6,17H. The molecule has 0 heterocycles. The van der Waals surface area contributed by atoms with E-state index in [0.717, 1.165) is 6.20 Å². The zero-order chi connectivity index (χ0) is 12.8. The van der Waals surface area contributed by atoms with Crippen LogP contribution in [-0.4, -0.2) is 0 Å². The van der Waals surface area contributed by atoms with Gasteiger partial charge >= 0.3 is 0 Å². The highest BCUT2D eigenvalue weighted by Crippen LogP contribution is 2.24. The number of nitrogens with zero attached hydrogens (tertiary/aromatic N) is 3. The topological polar surface area (TPSA) is 83.4 Å². The van der Waals surface area contributed by atoms with Crippen LogP contribution in [-0.2, 0) is 0 Å². The Morgan fingerprint density at radius 3 is 2.47 bits per heavy atom. The summed E-state index contributed by atoms with van der Waals surface area (Å²) in [5.41, 5.74) is -0.328. The van der Waals surface area contributed by atoms with Crippen LogP contribution in [0, 0.1) is 39.8 Å². The van der Waals surface area contributed by atoms with Crippen LogP contribution >= 0.6 is 11.6 Å². The van der Waals surface area contributed by atoms with Crippen LogP contribution in [0.2, 0.25) is 5.02 Å². The number of nitriles is 3. The molecule has 0 amide bonds. The molecule has 17 heavy (non-hydrogen) atoms. The summed E-state index contributed by atoms with van der Waals surface area (Å²) in [5.74, 6) is -0.844. The molecule has 82 valence electrons. The minimum Gasteiger partial charge on any atom is -0.359 e. The molecule has 1 rings (SSSR count). The predicted octanol–water partition coefficient (Wildman–Crippen LogP) is 2.69. The van der Waals surface area contributed by atoms with Gasteiger partial charge in [0.05, 0.1) is 10.7 Å². The largest absolute Gasteiger partial charge is 0.359 e. The number of allylic oxidation sites excluding steroid dienone is 1. The van der Waals surface area contributed by atoms with Gasteiger partial charge in [-0.15, -0.1) is 0 Å². The van der Waals surface area contributed by atoms with Crippen LogP contribution in [0.15, 0.2) is 23.9 Å². The van der Waals surface area contributed by atoms with Crippen molar-refractivity contribution in [2.75, 3.05) is 5.32 Å². The fraction of sp³-hybridized carbons (Fsp3) is 0. The van der Waals surface area contributed by atoms with Crippen molar-refractivity contribution in [1.82, 2.24) is 0 Å². The van der Waals surface area contributed by atoms with Crippen molar-refractivity contribution >= 4 is 17.3 Å². The Balaban J connectivity index is 3.16. The smallest absolute Gasteiger partial charge is 0.161 e. The van der Waals surface area contributed by atoms with Gasteiger partial charge in [-0.1, -0.05) is 11.6 Å². The highest BCUT2D eigenvalue weighted by molar-refractivity contribution is 6.31. The lowest BCUT2D eigenvalue weighted by Gasteiger charge is -2.05. The maximum Gasteiger partial charge on any atom is 0.161 e. The number of nitrogens with one attached hydrogen (secondary N) is 1. The first-order valence-corrected chi connectivity index (χ1v) is 4.66. The van der Waals surface area contributed by atoms with Gasteiger partial charge in [0, 0.05) is 6.20 Å². The first-order valence-electron chi connectivity index (χ1n) is 4.29. The van der Waals surface area contributed by atoms with E-state index < -0.39 is 5.82 Å². The van der Waals surface area contributed by atoms with E-state index in [2.05, 4.69) is 5.32 Å². The monoisotopic (exact) mass is 246 g/mol. The van der Waals surface area contributed by atoms with Crippen molar-refractivity contribution in [3.05, 3.63) is 40.3 Å². The van der Waals surface area contributed by atoms with E-state index in [0.29, 0.717) is 0 Å². The molecule has 4 nitrogen and oxygen atoms in total. The van der Waals surface area contributed by atoms with Crippen LogP contribution < -0.4 is 5.32 Å². The number of benzene rings is 1. The van der Waals surface area contributed by atoms with E-state index in [1.165, 1.54) is 12.1 Å². The fourth-order valence-corrected chi connectivity index (χ4v) is 1.18. The van der Waals surface area contributed by atoms with Crippen LogP contribution in [0.4, 0.5) is 10.1 Å². The molecule has 0 unspecified atom stereocenters. The Morgan fingerprint density at radius 2 is 1.94 bits per heavy atom. The third-order valence-electron chi connectivity index (χ3n) is 1.82. The number of rotatable bonds is 2. The van der Waals surface area contributed by atoms with Crippen molar-refractivity contribution < 1.29 is 4.39 Å². The lowest BCUT2D eigenvalue weighted by atomic mass is 10.2. The Morgan fingerprint density at radius 1 is 1.29 bits per heavy atom. The molecule has 0 aliphatic rings. The molecule has 1 aromatic carbocycles. The quantitative estimate of drug-likeness (QED) is 0.813. The number of hydrogen-bond acceptors (Lipinski definition) is 4. The summed E-state index contributed by atoms with van der Waals surface area (Å²) in [6, 6.07) is 7.54. The molecule has 1 aromatic rings. The first-order chi connectivity index (χ1) is 8.13. The summed E-state index contributed by atoms with van der Waals surface area (Å²) in [5, 5.41) is 28.1. The molecule has 1 N–H and O–H groups in total. The third-order valence-corrected chi connectivity index (χ3v) is 2.11. The van der Waals surface area contributed by atoms with Gasteiger partial charge in [-0.3, -0.25) is 0 Å². The SMILES string of the molecule is N#CC(C#N)=CNc1ccc(Cl)c(F)c1C#N. The number of hydrogen-bond donors (Lipinski definition) is 1. The average molecular weight is 247 g/mol. The molecule has 0 spiro atoms. The lowest BCUT2D eigenvalue weighted by molar-refractivity contribution is 0.625. The molecule has 0 bridgehead atoms. The molecule has 0 radical (unpaired) electrons. The van der Waals surface area contributed by atoms with Crippen LogP contribution in [0.3, 0.4) is 0 Å². The van der Waals surface area contributed by atoms with E-state index in [9.17, 15) is 4.39 Å². The average Bonchev–Trinajstić information content (AvgIpc) is 2.35. The molecular formula is C11H4ClFN4. The summed E-state index contributed by atoms with van der Waals surface area (Å²) in [6.07, 6.45) is 1.09. The summed E-state index contributed by atoms with van der Waals surface area (Å²) >= 11 is 5.51. The summed E-state index contributed by atoms with van der Waals surface area (Å²) in [4.78, 5) is 0. The van der Waals surface area contributed by atoms with Gasteiger partial charge < -0.3 is 5.32 Å². The van der Waals surface area contributed by atoms with Crippen molar-refractivity contribution in [3.8, 4) is 18.2 Å². The number of halogens is 2. The van der Waals surface area contributed by atoms with Crippen LogP contribution in [0.5, 0.6) is 0 Å². The van der Waals surface area contributed by atoms with E-state index in [-0.39, 0.29) is 21.8 Å². The highest BCUT2D eigenvalue weighted by Gasteiger charge is 2.11. The third kappa shape index (κ3) is 2.72. The van der Waals surface area contributed by atoms with Crippen molar-refractivity contribution in [2.45, 2.75) is 0 Å². The van der Waals surface area contributed by atoms with Gasteiger partial charge in [0.1, 0.15) is 29.3 Å². The second-order valence-corrected chi connectivity index (χ2v) is 3.23. The zero-order valence-electron chi connectivity index (χ0n) is 8.33. The maximum atomic E-state index is 13.4. The molecule has 0 aliphatic heterocycles. The Labute approximate surface area is 102 Å². The summed E-state index contributed by atoms with van der Waals surface area (Å²) in [7, 11) is 0. The Bertz CT molecular complexity index is 586. The molecule has 0 aliphatic carbocycles. The number of anilines is 1. The van der Waals surface area contributed by atoms with Gasteiger partial charge in [-0.2, -0.15) is 15.8 Å². The molecule has 0 saturated heterocycles. The molecule has 0 saturated carbocycles. The maximum absolute atomic E-state index is 13.4. The van der Waals surface area contributed by atoms with Gasteiger partial charge in [-0.25, -0.2) is 4.39 Å². The minimum absolute atomic E-state index is 0.136. The van der Waals surface area contributed by atoms with Crippen molar-refractivity contribution in [1.29, 1.82) is 15.8 Å². The van der Waals surface area contributed by atoms with Gasteiger partial charge in [0.2, 0.25) is 0 Å². The normalized spacial score (nSPS) is 8.41. The second kappa shape index (κ2) is 5.51. The lowest BCUT2D eigenvalue weighted by Crippen LogP contribution is -1.96. The minimum atomic E-state index is -0.844. The molecule has 0 aromatic heterocycles. The van der Waals surface area contributed by atoms with Gasteiger partial charge in [0.25, 0.3) is 0 Å². The van der Waals surface area contributed by atoms with Gasteiger partial charge in [-0.05, 0) is 12.1 Å². The van der Waals surface area contributed by atoms with E-state index >= 15 is 0 Å². The summed E-state index contributed by atoms with van der Waals surface area (Å²) in [6.45, 7) is 0. The van der Waals surface area contributed by atoms with E-state index in [1.807, 2.05) is 0 Å². The second-order valence-electron chi connectivity index (χ2n) is 2.82. The Kier molecular flexibility index (Phi) is 4.06. The van der Waals surface area contributed by atoms with E-state index in [4.69, 9.17) is 27.4 Å². The van der Waals surface area contributed by atoms with E-state index in [1.54, 1.807) is 18.2 Å². The van der Waals surface area contributed by atoms with Crippen LogP contribution in [0.1, 0.15) is 5.56 Å².